The molecule has 136 valence electrons. The summed E-state index contributed by atoms with van der Waals surface area (Å²) >= 11 is 1.42. The van der Waals surface area contributed by atoms with Crippen LogP contribution in [-0.4, -0.2) is 25.0 Å². The number of thioether (sulfide) groups is 1. The van der Waals surface area contributed by atoms with Crippen molar-refractivity contribution in [2.75, 3.05) is 5.84 Å². The van der Waals surface area contributed by atoms with E-state index in [1.54, 1.807) is 0 Å². The van der Waals surface area contributed by atoms with Crippen molar-refractivity contribution in [1.29, 1.82) is 0 Å². The molecule has 0 radical (unpaired) electrons. The summed E-state index contributed by atoms with van der Waals surface area (Å²) in [4.78, 5) is 4.48. The number of hydrogen-bond donors (Lipinski definition) is 1. The monoisotopic (exact) mass is 378 g/mol. The number of aromatic nitrogens is 5. The van der Waals surface area contributed by atoms with Crippen molar-refractivity contribution in [3.8, 4) is 22.8 Å². The molecule has 0 spiro atoms. The van der Waals surface area contributed by atoms with Crippen molar-refractivity contribution in [3.05, 3.63) is 66.1 Å². The van der Waals surface area contributed by atoms with Crippen LogP contribution in [0.3, 0.4) is 0 Å². The van der Waals surface area contributed by atoms with Crippen molar-refractivity contribution in [3.63, 3.8) is 0 Å². The van der Waals surface area contributed by atoms with Crippen LogP contribution in [0.5, 0.6) is 0 Å². The third kappa shape index (κ3) is 3.56. The molecule has 2 aromatic carbocycles. The van der Waals surface area contributed by atoms with Crippen LogP contribution in [-0.2, 0) is 0 Å². The van der Waals surface area contributed by atoms with Gasteiger partial charge in [0.25, 0.3) is 0 Å². The summed E-state index contributed by atoms with van der Waals surface area (Å²) in [5.41, 5.74) is 3.00. The Balaban J connectivity index is 1.53. The SMILES string of the molecule is Cc1ccc(-c2nnc(S[C@@H](C)c3nc(-c4ccccc4)no3)n2N)cc1. The van der Waals surface area contributed by atoms with Crippen molar-refractivity contribution in [2.24, 2.45) is 0 Å². The summed E-state index contributed by atoms with van der Waals surface area (Å²) in [6, 6.07) is 17.7. The number of nitrogens with two attached hydrogens (primary N) is 1. The van der Waals surface area contributed by atoms with Crippen LogP contribution in [0.2, 0.25) is 0 Å². The molecule has 2 heterocycles. The van der Waals surface area contributed by atoms with Gasteiger partial charge in [-0.25, -0.2) is 4.68 Å². The predicted octanol–water partition coefficient (Wildman–Crippen LogP) is 3.87. The molecule has 4 aromatic rings. The number of nitrogen functional groups attached to an aromatic ring is 1. The largest absolute Gasteiger partial charge is 0.338 e. The highest BCUT2D eigenvalue weighted by atomic mass is 32.2. The van der Waals surface area contributed by atoms with E-state index in [0.29, 0.717) is 22.7 Å². The maximum absolute atomic E-state index is 6.20. The van der Waals surface area contributed by atoms with Gasteiger partial charge in [-0.2, -0.15) is 4.98 Å². The molecule has 27 heavy (non-hydrogen) atoms. The molecule has 0 bridgehead atoms. The van der Waals surface area contributed by atoms with Gasteiger partial charge < -0.3 is 10.4 Å². The average Bonchev–Trinajstić information content (AvgIpc) is 3.31. The van der Waals surface area contributed by atoms with Gasteiger partial charge in [-0.15, -0.1) is 10.2 Å². The highest BCUT2D eigenvalue weighted by molar-refractivity contribution is 7.99. The smallest absolute Gasteiger partial charge is 0.240 e. The van der Waals surface area contributed by atoms with E-state index in [-0.39, 0.29) is 5.25 Å². The fourth-order valence-corrected chi connectivity index (χ4v) is 3.37. The zero-order chi connectivity index (χ0) is 18.8. The second kappa shape index (κ2) is 7.24. The van der Waals surface area contributed by atoms with E-state index in [1.165, 1.54) is 22.0 Å². The molecule has 0 aliphatic carbocycles. The highest BCUT2D eigenvalue weighted by Crippen LogP contribution is 2.34. The number of nitrogens with zero attached hydrogens (tertiary/aromatic N) is 5. The summed E-state index contributed by atoms with van der Waals surface area (Å²) < 4.78 is 6.90. The molecular weight excluding hydrogens is 360 g/mol. The van der Waals surface area contributed by atoms with Crippen LogP contribution in [0.1, 0.15) is 23.6 Å². The second-order valence-electron chi connectivity index (χ2n) is 6.12. The lowest BCUT2D eigenvalue weighted by Gasteiger charge is -2.06. The highest BCUT2D eigenvalue weighted by Gasteiger charge is 2.21. The number of aryl methyl sites for hydroxylation is 1. The Hall–Kier alpha value is -3.13. The second-order valence-corrected chi connectivity index (χ2v) is 7.43. The normalized spacial score (nSPS) is 12.2. The summed E-state index contributed by atoms with van der Waals surface area (Å²) in [7, 11) is 0. The molecule has 0 aliphatic rings. The Morgan fingerprint density at radius 2 is 1.74 bits per heavy atom. The van der Waals surface area contributed by atoms with Gasteiger partial charge >= 0.3 is 0 Å². The first-order valence-electron chi connectivity index (χ1n) is 8.45. The van der Waals surface area contributed by atoms with E-state index < -0.39 is 0 Å². The van der Waals surface area contributed by atoms with Crippen molar-refractivity contribution >= 4 is 11.8 Å². The average molecular weight is 378 g/mol. The molecule has 0 fully saturated rings. The molecule has 2 N–H and O–H groups in total. The molecule has 0 saturated heterocycles. The maximum atomic E-state index is 6.20. The van der Waals surface area contributed by atoms with Gasteiger partial charge in [0, 0.05) is 11.1 Å². The van der Waals surface area contributed by atoms with Crippen LogP contribution >= 0.6 is 11.8 Å². The van der Waals surface area contributed by atoms with Crippen LogP contribution in [0, 0.1) is 6.92 Å². The third-order valence-electron chi connectivity index (χ3n) is 4.08. The van der Waals surface area contributed by atoms with Gasteiger partial charge in [0.1, 0.15) is 0 Å². The topological polar surface area (TPSA) is 95.6 Å². The summed E-state index contributed by atoms with van der Waals surface area (Å²) in [5, 5.41) is 12.9. The Morgan fingerprint density at radius 3 is 2.48 bits per heavy atom. The fraction of sp³-hybridized carbons (Fsp3) is 0.158. The lowest BCUT2D eigenvalue weighted by atomic mass is 10.1. The van der Waals surface area contributed by atoms with Crippen molar-refractivity contribution < 1.29 is 4.52 Å². The lowest BCUT2D eigenvalue weighted by Crippen LogP contribution is -2.12. The first-order chi connectivity index (χ1) is 13.1. The van der Waals surface area contributed by atoms with Crippen molar-refractivity contribution in [2.45, 2.75) is 24.3 Å². The van der Waals surface area contributed by atoms with Gasteiger partial charge in [0.15, 0.2) is 5.82 Å². The van der Waals surface area contributed by atoms with E-state index >= 15 is 0 Å². The fourth-order valence-electron chi connectivity index (χ4n) is 2.57. The van der Waals surface area contributed by atoms with E-state index in [1.807, 2.05) is 68.4 Å². The molecule has 0 aliphatic heterocycles. The third-order valence-corrected chi connectivity index (χ3v) is 5.12. The molecule has 7 nitrogen and oxygen atoms in total. The Kier molecular flexibility index (Phi) is 4.64. The Labute approximate surface area is 160 Å². The molecule has 8 heteroatoms. The maximum Gasteiger partial charge on any atom is 0.240 e. The minimum atomic E-state index is -0.118. The van der Waals surface area contributed by atoms with Crippen LogP contribution < -0.4 is 5.84 Å². The van der Waals surface area contributed by atoms with Crippen LogP contribution in [0.4, 0.5) is 0 Å². The van der Waals surface area contributed by atoms with Gasteiger partial charge in [0.05, 0.1) is 5.25 Å². The first kappa shape index (κ1) is 17.3. The van der Waals surface area contributed by atoms with Gasteiger partial charge in [-0.3, -0.25) is 0 Å². The van der Waals surface area contributed by atoms with E-state index in [4.69, 9.17) is 10.4 Å². The standard InChI is InChI=1S/C19H18N6OS/c1-12-8-10-15(11-9-12)17-22-23-19(25(17)20)27-13(2)18-21-16(24-26-18)14-6-4-3-5-7-14/h3-11,13H,20H2,1-2H3/t13-/m0/s1. The quantitative estimate of drug-likeness (QED) is 0.416. The van der Waals surface area contributed by atoms with E-state index in [2.05, 4.69) is 20.3 Å². The van der Waals surface area contributed by atoms with Gasteiger partial charge in [-0.1, -0.05) is 77.1 Å². The predicted molar refractivity (Wildman–Crippen MR) is 104 cm³/mol. The number of hydrogen-bond acceptors (Lipinski definition) is 7. The lowest BCUT2D eigenvalue weighted by molar-refractivity contribution is 0.380. The minimum absolute atomic E-state index is 0.118. The Bertz CT molecular complexity index is 1040. The molecule has 0 unspecified atom stereocenters. The van der Waals surface area contributed by atoms with Gasteiger partial charge in [0.2, 0.25) is 16.9 Å². The van der Waals surface area contributed by atoms with E-state index in [0.717, 1.165) is 11.1 Å². The van der Waals surface area contributed by atoms with E-state index in [9.17, 15) is 0 Å². The summed E-state index contributed by atoms with van der Waals surface area (Å²) in [6.07, 6.45) is 0. The van der Waals surface area contributed by atoms with Crippen LogP contribution in [0.25, 0.3) is 22.8 Å². The molecule has 1 atom stereocenters. The summed E-state index contributed by atoms with van der Waals surface area (Å²) in [5.74, 6) is 7.89. The molecule has 0 saturated carbocycles. The van der Waals surface area contributed by atoms with Gasteiger partial charge in [-0.05, 0) is 13.8 Å². The number of benzene rings is 2. The first-order valence-corrected chi connectivity index (χ1v) is 9.33. The molecule has 4 rings (SSSR count). The zero-order valence-electron chi connectivity index (χ0n) is 14.9. The zero-order valence-corrected chi connectivity index (χ0v) is 15.7. The van der Waals surface area contributed by atoms with Crippen LogP contribution in [0.15, 0.2) is 64.3 Å². The Morgan fingerprint density at radius 1 is 1.00 bits per heavy atom. The number of rotatable bonds is 5. The van der Waals surface area contributed by atoms with Crippen molar-refractivity contribution in [1.82, 2.24) is 25.0 Å². The molecule has 0 amide bonds. The molecule has 2 aromatic heterocycles. The molecular formula is C19H18N6OS. The summed E-state index contributed by atoms with van der Waals surface area (Å²) in [6.45, 7) is 4.00. The minimum Gasteiger partial charge on any atom is -0.338 e.